The first-order valence-corrected chi connectivity index (χ1v) is 7.30. The quantitative estimate of drug-likeness (QED) is 0.914. The van der Waals surface area contributed by atoms with Crippen molar-refractivity contribution < 1.29 is 4.79 Å². The van der Waals surface area contributed by atoms with Gasteiger partial charge in [0, 0.05) is 23.5 Å². The van der Waals surface area contributed by atoms with Crippen molar-refractivity contribution in [3.8, 4) is 11.1 Å². The molecule has 2 N–H and O–H groups in total. The van der Waals surface area contributed by atoms with E-state index in [1.54, 1.807) is 0 Å². The fourth-order valence-corrected chi connectivity index (χ4v) is 3.11. The van der Waals surface area contributed by atoms with Crippen LogP contribution in [0.5, 0.6) is 0 Å². The first kappa shape index (κ1) is 13.0. The molecule has 0 spiro atoms. The molecule has 0 atom stereocenters. The Morgan fingerprint density at radius 2 is 1.95 bits per heavy atom. The number of fused-ring (bicyclic) bond motifs is 1. The Morgan fingerprint density at radius 3 is 2.70 bits per heavy atom. The maximum absolute atomic E-state index is 11.4. The van der Waals surface area contributed by atoms with Crippen LogP contribution < -0.4 is 5.73 Å². The summed E-state index contributed by atoms with van der Waals surface area (Å²) in [6, 6.07) is 12.5. The molecule has 0 aliphatic carbocycles. The van der Waals surface area contributed by atoms with Gasteiger partial charge in [-0.3, -0.25) is 4.79 Å². The van der Waals surface area contributed by atoms with Gasteiger partial charge in [0.05, 0.1) is 6.42 Å². The number of carbonyl (C=O) groups excluding carboxylic acids is 1. The van der Waals surface area contributed by atoms with Crippen LogP contribution in [0.3, 0.4) is 0 Å². The Labute approximate surface area is 119 Å². The van der Waals surface area contributed by atoms with Crippen LogP contribution in [0.25, 0.3) is 11.1 Å². The molecule has 0 radical (unpaired) electrons. The van der Waals surface area contributed by atoms with E-state index in [9.17, 15) is 4.79 Å². The highest BCUT2D eigenvalue weighted by Crippen LogP contribution is 2.30. The van der Waals surface area contributed by atoms with E-state index < -0.39 is 0 Å². The van der Waals surface area contributed by atoms with E-state index in [2.05, 4.69) is 22.8 Å². The lowest BCUT2D eigenvalue weighted by molar-refractivity contribution is -0.117. The van der Waals surface area contributed by atoms with Gasteiger partial charge in [-0.15, -0.1) is 0 Å². The standard InChI is InChI=1S/C17H20N2O/c18-17(20)12-16-15(13-7-3-1-4-8-13)11-14-9-5-2-6-10-19(14)16/h1,3-4,7-8,11H,2,5-6,9-10,12H2,(H2,18,20). The first-order chi connectivity index (χ1) is 9.75. The molecule has 0 saturated heterocycles. The van der Waals surface area contributed by atoms with Crippen LogP contribution in [-0.4, -0.2) is 10.5 Å². The summed E-state index contributed by atoms with van der Waals surface area (Å²) in [4.78, 5) is 11.4. The fraction of sp³-hybridized carbons (Fsp3) is 0.353. The summed E-state index contributed by atoms with van der Waals surface area (Å²) in [6.45, 7) is 1.00. The minimum Gasteiger partial charge on any atom is -0.369 e. The van der Waals surface area contributed by atoms with E-state index in [4.69, 9.17) is 5.73 Å². The van der Waals surface area contributed by atoms with Gasteiger partial charge in [-0.25, -0.2) is 0 Å². The minimum atomic E-state index is -0.257. The maximum Gasteiger partial charge on any atom is 0.223 e. The molecule has 0 saturated carbocycles. The van der Waals surface area contributed by atoms with Crippen LogP contribution >= 0.6 is 0 Å². The van der Waals surface area contributed by atoms with Crippen LogP contribution in [0.4, 0.5) is 0 Å². The topological polar surface area (TPSA) is 48.0 Å². The van der Waals surface area contributed by atoms with Gasteiger partial charge in [-0.2, -0.15) is 0 Å². The van der Waals surface area contributed by atoms with Crippen molar-refractivity contribution >= 4 is 5.91 Å². The Balaban J connectivity index is 2.11. The summed E-state index contributed by atoms with van der Waals surface area (Å²) in [6.07, 6.45) is 5.09. The second kappa shape index (κ2) is 5.53. The summed E-state index contributed by atoms with van der Waals surface area (Å²) in [5.41, 5.74) is 10.2. The number of nitrogens with zero attached hydrogens (tertiary/aromatic N) is 1. The maximum atomic E-state index is 11.4. The van der Waals surface area contributed by atoms with Gasteiger partial charge in [0.15, 0.2) is 0 Å². The van der Waals surface area contributed by atoms with Crippen LogP contribution in [0.15, 0.2) is 36.4 Å². The lowest BCUT2D eigenvalue weighted by Gasteiger charge is -2.11. The number of amides is 1. The Kier molecular flexibility index (Phi) is 3.59. The van der Waals surface area contributed by atoms with Crippen molar-refractivity contribution in [1.29, 1.82) is 0 Å². The molecule has 1 amide bonds. The summed E-state index contributed by atoms with van der Waals surface area (Å²) in [5, 5.41) is 0. The lowest BCUT2D eigenvalue weighted by atomic mass is 10.0. The largest absolute Gasteiger partial charge is 0.369 e. The molecular formula is C17H20N2O. The van der Waals surface area contributed by atoms with Crippen LogP contribution in [0.1, 0.15) is 30.7 Å². The molecule has 1 aromatic carbocycles. The third-order valence-electron chi connectivity index (χ3n) is 4.04. The van der Waals surface area contributed by atoms with Crippen LogP contribution in [-0.2, 0) is 24.2 Å². The summed E-state index contributed by atoms with van der Waals surface area (Å²) < 4.78 is 2.32. The van der Waals surface area contributed by atoms with E-state index >= 15 is 0 Å². The van der Waals surface area contributed by atoms with Crippen molar-refractivity contribution in [2.75, 3.05) is 0 Å². The van der Waals surface area contributed by atoms with E-state index in [1.165, 1.54) is 36.1 Å². The molecular weight excluding hydrogens is 248 g/mol. The van der Waals surface area contributed by atoms with E-state index in [0.29, 0.717) is 6.42 Å². The third kappa shape index (κ3) is 2.48. The molecule has 3 nitrogen and oxygen atoms in total. The molecule has 1 aliphatic rings. The first-order valence-electron chi connectivity index (χ1n) is 7.30. The summed E-state index contributed by atoms with van der Waals surface area (Å²) in [5.74, 6) is -0.257. The predicted molar refractivity (Wildman–Crippen MR) is 80.3 cm³/mol. The average molecular weight is 268 g/mol. The van der Waals surface area contributed by atoms with Crippen molar-refractivity contribution in [3.05, 3.63) is 47.8 Å². The smallest absolute Gasteiger partial charge is 0.223 e. The number of benzene rings is 1. The van der Waals surface area contributed by atoms with Crippen molar-refractivity contribution in [2.45, 2.75) is 38.6 Å². The fourth-order valence-electron chi connectivity index (χ4n) is 3.11. The second-order valence-corrected chi connectivity index (χ2v) is 5.47. The monoisotopic (exact) mass is 268 g/mol. The molecule has 0 bridgehead atoms. The van der Waals surface area contributed by atoms with E-state index in [0.717, 1.165) is 18.7 Å². The number of aryl methyl sites for hydroxylation is 1. The summed E-state index contributed by atoms with van der Waals surface area (Å²) >= 11 is 0. The zero-order valence-electron chi connectivity index (χ0n) is 11.6. The number of aromatic nitrogens is 1. The highest BCUT2D eigenvalue weighted by molar-refractivity contribution is 5.80. The van der Waals surface area contributed by atoms with Crippen LogP contribution in [0.2, 0.25) is 0 Å². The number of nitrogens with two attached hydrogens (primary N) is 1. The normalized spacial score (nSPS) is 14.6. The Bertz CT molecular complexity index is 613. The highest BCUT2D eigenvalue weighted by Gasteiger charge is 2.19. The third-order valence-corrected chi connectivity index (χ3v) is 4.04. The van der Waals surface area contributed by atoms with Gasteiger partial charge in [-0.05, 0) is 30.9 Å². The highest BCUT2D eigenvalue weighted by atomic mass is 16.1. The molecule has 1 aromatic heterocycles. The zero-order valence-corrected chi connectivity index (χ0v) is 11.6. The van der Waals surface area contributed by atoms with Gasteiger partial charge >= 0.3 is 0 Å². The number of primary amides is 1. The van der Waals surface area contributed by atoms with Crippen molar-refractivity contribution in [2.24, 2.45) is 5.73 Å². The molecule has 2 aromatic rings. The van der Waals surface area contributed by atoms with Gasteiger partial charge in [0.2, 0.25) is 5.91 Å². The van der Waals surface area contributed by atoms with Gasteiger partial charge < -0.3 is 10.3 Å². The van der Waals surface area contributed by atoms with Gasteiger partial charge in [-0.1, -0.05) is 36.8 Å². The summed E-state index contributed by atoms with van der Waals surface area (Å²) in [7, 11) is 0. The average Bonchev–Trinajstić information content (AvgIpc) is 2.63. The molecule has 1 aliphatic heterocycles. The van der Waals surface area contributed by atoms with Crippen molar-refractivity contribution in [3.63, 3.8) is 0 Å². The van der Waals surface area contributed by atoms with Gasteiger partial charge in [0.25, 0.3) is 0 Å². The molecule has 3 rings (SSSR count). The minimum absolute atomic E-state index is 0.257. The number of hydrogen-bond donors (Lipinski definition) is 1. The van der Waals surface area contributed by atoms with Gasteiger partial charge in [0.1, 0.15) is 0 Å². The Morgan fingerprint density at radius 1 is 1.15 bits per heavy atom. The zero-order chi connectivity index (χ0) is 13.9. The lowest BCUT2D eigenvalue weighted by Crippen LogP contribution is -2.17. The van der Waals surface area contributed by atoms with E-state index in [1.807, 2.05) is 18.2 Å². The second-order valence-electron chi connectivity index (χ2n) is 5.47. The predicted octanol–water partition coefficient (Wildman–Crippen LogP) is 2.91. The number of rotatable bonds is 3. The molecule has 104 valence electrons. The molecule has 2 heterocycles. The molecule has 3 heteroatoms. The molecule has 0 unspecified atom stereocenters. The Hall–Kier alpha value is -2.03. The van der Waals surface area contributed by atoms with Crippen molar-refractivity contribution in [1.82, 2.24) is 4.57 Å². The number of carbonyl (C=O) groups is 1. The van der Waals surface area contributed by atoms with E-state index in [-0.39, 0.29) is 5.91 Å². The SMILES string of the molecule is NC(=O)Cc1c(-c2ccccc2)cc2n1CCCCC2. The number of hydrogen-bond acceptors (Lipinski definition) is 1. The molecule has 20 heavy (non-hydrogen) atoms. The van der Waals surface area contributed by atoms with Crippen LogP contribution in [0, 0.1) is 0 Å². The molecule has 0 fully saturated rings.